The number of rotatable bonds is 5. The Labute approximate surface area is 142 Å². The summed E-state index contributed by atoms with van der Waals surface area (Å²) in [6.45, 7) is 9.35. The Morgan fingerprint density at radius 1 is 1.17 bits per heavy atom. The molecule has 5 nitrogen and oxygen atoms in total. The van der Waals surface area contributed by atoms with E-state index in [9.17, 15) is 9.59 Å². The number of methoxy groups -OCH3 is 1. The van der Waals surface area contributed by atoms with Crippen molar-refractivity contribution < 1.29 is 14.3 Å². The summed E-state index contributed by atoms with van der Waals surface area (Å²) in [7, 11) is 1.33. The molecule has 24 heavy (non-hydrogen) atoms. The number of aryl methyl sites for hydroxylation is 3. The average molecular weight is 328 g/mol. The zero-order valence-corrected chi connectivity index (χ0v) is 15.0. The van der Waals surface area contributed by atoms with Gasteiger partial charge in [0, 0.05) is 11.4 Å². The number of Topliss-reactive ketones (excluding diaryl/α,β-unsaturated/α-hetero) is 1. The number of carbonyl (C=O) groups excluding carboxylic acids is 2. The summed E-state index contributed by atoms with van der Waals surface area (Å²) < 4.78 is 4.79. The van der Waals surface area contributed by atoms with Crippen molar-refractivity contribution in [2.24, 2.45) is 0 Å². The predicted octanol–water partition coefficient (Wildman–Crippen LogP) is 3.72. The van der Waals surface area contributed by atoms with Crippen LogP contribution in [0.5, 0.6) is 0 Å². The summed E-state index contributed by atoms with van der Waals surface area (Å²) >= 11 is 0. The van der Waals surface area contributed by atoms with Crippen LogP contribution in [-0.2, 0) is 4.74 Å². The van der Waals surface area contributed by atoms with Crippen LogP contribution in [0.3, 0.4) is 0 Å². The number of ketones is 1. The fourth-order valence-corrected chi connectivity index (χ4v) is 2.81. The molecule has 1 aromatic heterocycles. The van der Waals surface area contributed by atoms with Gasteiger partial charge in [-0.25, -0.2) is 4.79 Å². The summed E-state index contributed by atoms with van der Waals surface area (Å²) in [4.78, 5) is 27.7. The van der Waals surface area contributed by atoms with E-state index in [-0.39, 0.29) is 5.78 Å². The monoisotopic (exact) mass is 328 g/mol. The van der Waals surface area contributed by atoms with Crippen molar-refractivity contribution in [2.75, 3.05) is 12.4 Å². The SMILES string of the molecule is COC(=O)c1c(C)[nH]c(C(=O)[C@@H](C)Nc2cc(C)ccc2C)c1C. The van der Waals surface area contributed by atoms with Gasteiger partial charge in [0.05, 0.1) is 24.4 Å². The lowest BCUT2D eigenvalue weighted by atomic mass is 10.0. The number of aromatic amines is 1. The van der Waals surface area contributed by atoms with Crippen LogP contribution < -0.4 is 5.32 Å². The number of hydrogen-bond acceptors (Lipinski definition) is 4. The molecule has 2 rings (SSSR count). The van der Waals surface area contributed by atoms with Gasteiger partial charge in [-0.05, 0) is 57.4 Å². The Bertz CT molecular complexity index is 790. The van der Waals surface area contributed by atoms with Gasteiger partial charge in [-0.2, -0.15) is 0 Å². The van der Waals surface area contributed by atoms with Gasteiger partial charge in [-0.1, -0.05) is 12.1 Å². The largest absolute Gasteiger partial charge is 0.465 e. The van der Waals surface area contributed by atoms with E-state index < -0.39 is 12.0 Å². The molecule has 1 aromatic carbocycles. The van der Waals surface area contributed by atoms with Gasteiger partial charge in [0.15, 0.2) is 0 Å². The number of nitrogens with one attached hydrogen (secondary N) is 2. The van der Waals surface area contributed by atoms with Crippen molar-refractivity contribution in [2.45, 2.75) is 40.7 Å². The number of aromatic nitrogens is 1. The second-order valence-corrected chi connectivity index (χ2v) is 6.17. The fourth-order valence-electron chi connectivity index (χ4n) is 2.81. The third kappa shape index (κ3) is 3.35. The quantitative estimate of drug-likeness (QED) is 0.648. The van der Waals surface area contributed by atoms with Crippen LogP contribution in [0.1, 0.15) is 50.2 Å². The van der Waals surface area contributed by atoms with Crippen molar-refractivity contribution in [1.82, 2.24) is 4.98 Å². The number of ether oxygens (including phenoxy) is 1. The molecule has 0 saturated carbocycles. The molecule has 0 fully saturated rings. The minimum atomic E-state index is -0.435. The maximum absolute atomic E-state index is 12.8. The summed E-state index contributed by atoms with van der Waals surface area (Å²) in [6.07, 6.45) is 0. The summed E-state index contributed by atoms with van der Waals surface area (Å²) in [5.41, 5.74) is 5.28. The highest BCUT2D eigenvalue weighted by Gasteiger charge is 2.25. The number of benzene rings is 1. The molecule has 0 aliphatic heterocycles. The molecule has 0 unspecified atom stereocenters. The van der Waals surface area contributed by atoms with Gasteiger partial charge in [-0.15, -0.1) is 0 Å². The zero-order chi connectivity index (χ0) is 18.0. The molecule has 128 valence electrons. The first-order chi connectivity index (χ1) is 11.3. The molecule has 0 amide bonds. The molecule has 1 atom stereocenters. The predicted molar refractivity (Wildman–Crippen MR) is 94.9 cm³/mol. The Balaban J connectivity index is 2.28. The standard InChI is InChI=1S/C19H24N2O3/c1-10-7-8-11(2)15(9-10)20-14(5)18(22)17-12(3)16(13(4)21-17)19(23)24-6/h7-9,14,20-21H,1-6H3/t14-/m1/s1. The minimum absolute atomic E-state index is 0.0911. The molecule has 0 aliphatic rings. The Kier molecular flexibility index (Phi) is 5.12. The highest BCUT2D eigenvalue weighted by molar-refractivity contribution is 6.04. The first kappa shape index (κ1) is 17.8. The number of H-pyrrole nitrogens is 1. The van der Waals surface area contributed by atoms with E-state index in [0.717, 1.165) is 16.8 Å². The third-order valence-electron chi connectivity index (χ3n) is 4.23. The third-order valence-corrected chi connectivity index (χ3v) is 4.23. The van der Waals surface area contributed by atoms with E-state index in [1.165, 1.54) is 7.11 Å². The number of hydrogen-bond donors (Lipinski definition) is 2. The van der Waals surface area contributed by atoms with Crippen LogP contribution in [0.4, 0.5) is 5.69 Å². The van der Waals surface area contributed by atoms with Crippen molar-refractivity contribution >= 4 is 17.4 Å². The second kappa shape index (κ2) is 6.91. The van der Waals surface area contributed by atoms with Gasteiger partial charge in [-0.3, -0.25) is 4.79 Å². The lowest BCUT2D eigenvalue weighted by Gasteiger charge is -2.16. The van der Waals surface area contributed by atoms with Gasteiger partial charge in [0.25, 0.3) is 0 Å². The molecule has 0 spiro atoms. The van der Waals surface area contributed by atoms with Crippen molar-refractivity contribution in [3.63, 3.8) is 0 Å². The molecule has 2 N–H and O–H groups in total. The van der Waals surface area contributed by atoms with Gasteiger partial charge in [0.2, 0.25) is 5.78 Å². The van der Waals surface area contributed by atoms with Crippen LogP contribution in [0.15, 0.2) is 18.2 Å². The van der Waals surface area contributed by atoms with Crippen LogP contribution in [0.2, 0.25) is 0 Å². The van der Waals surface area contributed by atoms with E-state index in [0.29, 0.717) is 22.5 Å². The van der Waals surface area contributed by atoms with Gasteiger partial charge >= 0.3 is 5.97 Å². The molecule has 0 bridgehead atoms. The topological polar surface area (TPSA) is 71.2 Å². The van der Waals surface area contributed by atoms with E-state index in [1.54, 1.807) is 13.8 Å². The summed E-state index contributed by atoms with van der Waals surface area (Å²) in [5.74, 6) is -0.526. The number of carbonyl (C=O) groups is 2. The van der Waals surface area contributed by atoms with E-state index in [1.807, 2.05) is 39.0 Å². The van der Waals surface area contributed by atoms with Gasteiger partial charge in [0.1, 0.15) is 0 Å². The Hall–Kier alpha value is -2.56. The first-order valence-corrected chi connectivity index (χ1v) is 7.91. The first-order valence-electron chi connectivity index (χ1n) is 7.91. The van der Waals surface area contributed by atoms with Crippen LogP contribution in [0, 0.1) is 27.7 Å². The molecule has 0 radical (unpaired) electrons. The van der Waals surface area contributed by atoms with Crippen LogP contribution >= 0.6 is 0 Å². The average Bonchev–Trinajstić information content (AvgIpc) is 2.84. The molecule has 0 saturated heterocycles. The number of esters is 1. The molecular formula is C19H24N2O3. The van der Waals surface area contributed by atoms with E-state index in [2.05, 4.69) is 10.3 Å². The highest BCUT2D eigenvalue weighted by atomic mass is 16.5. The molecular weight excluding hydrogens is 304 g/mol. The molecule has 5 heteroatoms. The normalized spacial score (nSPS) is 11.9. The van der Waals surface area contributed by atoms with E-state index in [4.69, 9.17) is 4.74 Å². The van der Waals surface area contributed by atoms with Crippen LogP contribution in [-0.4, -0.2) is 29.9 Å². The van der Waals surface area contributed by atoms with Crippen LogP contribution in [0.25, 0.3) is 0 Å². The van der Waals surface area contributed by atoms with Crippen molar-refractivity contribution in [3.05, 3.63) is 51.8 Å². The highest BCUT2D eigenvalue weighted by Crippen LogP contribution is 2.22. The molecule has 2 aromatic rings. The molecule has 0 aliphatic carbocycles. The zero-order valence-electron chi connectivity index (χ0n) is 15.0. The Morgan fingerprint density at radius 2 is 1.83 bits per heavy atom. The Morgan fingerprint density at radius 3 is 2.46 bits per heavy atom. The van der Waals surface area contributed by atoms with E-state index >= 15 is 0 Å². The fraction of sp³-hybridized carbons (Fsp3) is 0.368. The van der Waals surface area contributed by atoms with Gasteiger partial charge < -0.3 is 15.0 Å². The maximum atomic E-state index is 12.8. The smallest absolute Gasteiger partial charge is 0.339 e. The lowest BCUT2D eigenvalue weighted by Crippen LogP contribution is -2.27. The second-order valence-electron chi connectivity index (χ2n) is 6.17. The van der Waals surface area contributed by atoms with Crippen molar-refractivity contribution in [3.8, 4) is 0 Å². The number of anilines is 1. The van der Waals surface area contributed by atoms with Crippen molar-refractivity contribution in [1.29, 1.82) is 0 Å². The molecule has 1 heterocycles. The minimum Gasteiger partial charge on any atom is -0.465 e. The maximum Gasteiger partial charge on any atom is 0.339 e. The lowest BCUT2D eigenvalue weighted by molar-refractivity contribution is 0.0599. The summed E-state index contributed by atoms with van der Waals surface area (Å²) in [5, 5.41) is 3.26. The summed E-state index contributed by atoms with van der Waals surface area (Å²) in [6, 6.07) is 5.65.